The predicted molar refractivity (Wildman–Crippen MR) is 126 cm³/mol. The molecule has 1 amide bonds. The molecule has 10 heteroatoms. The minimum absolute atomic E-state index is 0. The number of carbonyl (C=O) groups is 1. The molecule has 2 aromatic carbocycles. The standard InChI is InChI=1S/C22H20BrFN3O3.CN.CH3.Lr/c1-12(28)11-25-22(29)21-26-19(13-3-5-15(24)6-4-13)20-16-10-17(23)18(30-2)9-14(16)7-8-27(20)21;1-2;;/h3-6,9-10,12,28H,1,7-8,11H2,2H3,(H,25,29);;1H3;/q3*-1;/p-1/t12-;;;/m0.../s1. The van der Waals surface area contributed by atoms with Gasteiger partial charge in [-0.25, -0.2) is 9.37 Å². The summed E-state index contributed by atoms with van der Waals surface area (Å²) in [6, 6.07) is 9.90. The number of hydrogen-bond acceptors (Lipinski definition) is 5. The number of carbonyl (C=O) groups excluding carboxylic acids is 1. The van der Waals surface area contributed by atoms with Crippen LogP contribution in [-0.2, 0) is 13.0 Å². The second kappa shape index (κ2) is 11.6. The molecule has 1 aliphatic rings. The summed E-state index contributed by atoms with van der Waals surface area (Å²) in [4.78, 5) is 17.3. The first kappa shape index (κ1) is 27.8. The van der Waals surface area contributed by atoms with Crippen LogP contribution < -0.4 is 4.74 Å². The minimum atomic E-state index is -0.967. The van der Waals surface area contributed by atoms with Crippen molar-refractivity contribution in [2.45, 2.75) is 19.1 Å². The summed E-state index contributed by atoms with van der Waals surface area (Å²) in [5.41, 5.74) is 4.00. The number of methoxy groups -OCH3 is 1. The van der Waals surface area contributed by atoms with Crippen molar-refractivity contribution in [2.75, 3.05) is 13.7 Å². The van der Waals surface area contributed by atoms with E-state index in [1.54, 1.807) is 19.2 Å². The van der Waals surface area contributed by atoms with Crippen LogP contribution in [0.5, 0.6) is 5.75 Å². The number of nitrogens with zero attached hydrogens (tertiary/aromatic N) is 4. The van der Waals surface area contributed by atoms with Gasteiger partial charge in [-0.05, 0) is 64.3 Å². The van der Waals surface area contributed by atoms with Gasteiger partial charge in [0.2, 0.25) is 0 Å². The molecule has 4 rings (SSSR count). The van der Waals surface area contributed by atoms with Crippen molar-refractivity contribution in [3.05, 3.63) is 84.3 Å². The first-order valence-electron chi connectivity index (χ1n) is 9.57. The molecule has 0 fully saturated rings. The van der Waals surface area contributed by atoms with Crippen LogP contribution in [0.4, 0.5) is 4.39 Å². The maximum atomic E-state index is 13.5. The van der Waals surface area contributed by atoms with Crippen molar-refractivity contribution in [1.29, 1.82) is 5.26 Å². The van der Waals surface area contributed by atoms with Gasteiger partial charge < -0.3 is 50.7 Å². The van der Waals surface area contributed by atoms with E-state index in [-0.39, 0.29) is 25.6 Å². The van der Waals surface area contributed by atoms with E-state index >= 15 is 0 Å². The average Bonchev–Trinajstić information content (AvgIpc) is 3.19. The third-order valence-corrected chi connectivity index (χ3v) is 5.58. The molecule has 0 aliphatic carbocycles. The van der Waals surface area contributed by atoms with Gasteiger partial charge in [0, 0.05) is 17.7 Å². The summed E-state index contributed by atoms with van der Waals surface area (Å²) in [5.74, 6) is 0.0297. The van der Waals surface area contributed by atoms with Crippen LogP contribution in [0.15, 0.2) is 40.9 Å². The summed E-state index contributed by atoms with van der Waals surface area (Å²) in [5, 5.41) is 19.5. The van der Waals surface area contributed by atoms with Gasteiger partial charge in [0.1, 0.15) is 17.5 Å². The van der Waals surface area contributed by atoms with Gasteiger partial charge in [-0.3, -0.25) is 0 Å². The summed E-state index contributed by atoms with van der Waals surface area (Å²) in [6.45, 7) is 8.62. The van der Waals surface area contributed by atoms with Gasteiger partial charge in [-0.2, -0.15) is 0 Å². The number of benzene rings is 2. The van der Waals surface area contributed by atoms with Gasteiger partial charge in [-0.1, -0.05) is 6.10 Å². The molecule has 0 saturated heterocycles. The van der Waals surface area contributed by atoms with E-state index in [2.05, 4.69) is 33.2 Å². The fourth-order valence-corrected chi connectivity index (χ4v) is 4.09. The summed E-state index contributed by atoms with van der Waals surface area (Å²) in [6.07, 6.45) is -0.283. The van der Waals surface area contributed by atoms with Crippen LogP contribution in [0.1, 0.15) is 16.2 Å². The molecule has 1 aliphatic heterocycles. The molecule has 0 unspecified atom stereocenters. The monoisotopic (exact) mass is 774 g/mol. The molecular formula is C24H22BrFLrN4O3-4. The topological polar surface area (TPSA) is 102 Å². The summed E-state index contributed by atoms with van der Waals surface area (Å²) in [7, 11) is 1.61. The number of amides is 1. The zero-order valence-corrected chi connectivity index (χ0v) is 22.2. The number of ether oxygens (including phenoxy) is 1. The van der Waals surface area contributed by atoms with Crippen LogP contribution >= 0.6 is 15.9 Å². The second-order valence-electron chi connectivity index (χ2n) is 6.98. The van der Waals surface area contributed by atoms with E-state index < -0.39 is 12.0 Å². The number of halogens is 2. The smallest absolute Gasteiger partial charge is 0.158 e. The Labute approximate surface area is 201 Å². The molecule has 189 valence electrons. The number of aryl methyl sites for hydroxylation is 1. The second-order valence-corrected chi connectivity index (χ2v) is 7.84. The van der Waals surface area contributed by atoms with Gasteiger partial charge in [-0.15, -0.1) is 6.54 Å². The molecule has 0 saturated carbocycles. The summed E-state index contributed by atoms with van der Waals surface area (Å²) >= 11 is 3.53. The Morgan fingerprint density at radius 3 is 2.62 bits per heavy atom. The zero-order valence-electron chi connectivity index (χ0n) is 18.4. The van der Waals surface area contributed by atoms with Gasteiger partial charge in [0.25, 0.3) is 0 Å². The number of aliphatic hydroxyl groups excluding tert-OH is 1. The van der Waals surface area contributed by atoms with Crippen molar-refractivity contribution in [1.82, 2.24) is 9.55 Å². The van der Waals surface area contributed by atoms with Gasteiger partial charge >= 0.3 is 0 Å². The number of imidazole rings is 1. The van der Waals surface area contributed by atoms with Crippen molar-refractivity contribution in [2.24, 2.45) is 0 Å². The molecule has 34 heavy (non-hydrogen) atoms. The van der Waals surface area contributed by atoms with E-state index in [4.69, 9.17) is 16.6 Å². The van der Waals surface area contributed by atoms with Crippen LogP contribution in [0.25, 0.3) is 27.8 Å². The predicted octanol–water partition coefficient (Wildman–Crippen LogP) is 4.94. The van der Waals surface area contributed by atoms with Crippen molar-refractivity contribution in [3.63, 3.8) is 0 Å². The molecule has 2 heterocycles. The molecular weight excluding hydrogens is 753 g/mol. The quantitative estimate of drug-likeness (QED) is 0.371. The molecule has 1 aromatic heterocycles. The van der Waals surface area contributed by atoms with Crippen LogP contribution in [0.2, 0.25) is 0 Å². The van der Waals surface area contributed by atoms with E-state index in [1.165, 1.54) is 12.1 Å². The third-order valence-electron chi connectivity index (χ3n) is 4.96. The van der Waals surface area contributed by atoms with Crippen molar-refractivity contribution < 1.29 is 19.0 Å². The molecule has 3 aromatic rings. The third kappa shape index (κ3) is 5.22. The fraction of sp³-hybridized carbons (Fsp3) is 0.208. The van der Waals surface area contributed by atoms with E-state index in [0.717, 1.165) is 27.0 Å². The molecule has 0 spiro atoms. The Bertz CT molecular complexity index is 1160. The average molecular weight is 775 g/mol. The van der Waals surface area contributed by atoms with Gasteiger partial charge in [0.05, 0.1) is 23.0 Å². The Morgan fingerprint density at radius 2 is 2.03 bits per heavy atom. The van der Waals surface area contributed by atoms with E-state index in [1.807, 2.05) is 16.7 Å². The Morgan fingerprint density at radius 1 is 1.38 bits per heavy atom. The molecule has 1 atom stereocenters. The number of hydrogen-bond donors (Lipinski definition) is 1. The largest absolute Gasteiger partial charge is 0.647 e. The number of aromatic nitrogens is 2. The first-order valence-corrected chi connectivity index (χ1v) is 10.4. The van der Waals surface area contributed by atoms with Crippen molar-refractivity contribution >= 4 is 21.8 Å². The molecule has 0 bridgehead atoms. The Hall–Kier alpha value is -4.22. The number of fused-ring (bicyclic) bond motifs is 3. The zero-order chi connectivity index (χ0) is 23.4. The maximum Gasteiger partial charge on any atom is 0.158 e. The SMILES string of the molecule is [C-]#N.[CH2-][C@H](O)C[N-]C(=O)c1nc(-c2ccc(F)cc2)c2n1CCc1cc(OC)c(Br)cc1-2.[CH3-].[Lr]. The number of rotatable bonds is 5. The molecule has 1 radical (unpaired) electrons. The van der Waals surface area contributed by atoms with Crippen LogP contribution in [-0.4, -0.2) is 40.3 Å². The number of aliphatic hydroxyl groups is 1. The fourth-order valence-electron chi connectivity index (χ4n) is 3.59. The van der Waals surface area contributed by atoms with E-state index in [0.29, 0.717) is 24.2 Å². The maximum absolute atomic E-state index is 13.5. The van der Waals surface area contributed by atoms with Gasteiger partial charge in [0.15, 0.2) is 5.82 Å². The Kier molecular flexibility index (Phi) is 9.48. The molecule has 1 N–H and O–H groups in total. The van der Waals surface area contributed by atoms with Crippen molar-refractivity contribution in [3.8, 4) is 28.3 Å². The molecule has 7 nitrogen and oxygen atoms in total. The first-order chi connectivity index (χ1) is 15.4. The summed E-state index contributed by atoms with van der Waals surface area (Å²) < 4.78 is 21.5. The van der Waals surface area contributed by atoms with Crippen LogP contribution in [0, 0.1) is 32.0 Å². The van der Waals surface area contributed by atoms with E-state index in [9.17, 15) is 14.3 Å². The Balaban J connectivity index is 0.00000141. The normalized spacial score (nSPS) is 11.9. The van der Waals surface area contributed by atoms with Crippen LogP contribution in [0.3, 0.4) is 0 Å². The minimum Gasteiger partial charge on any atom is -0.647 e.